The normalized spacial score (nSPS) is 20.6. The van der Waals surface area contributed by atoms with Gasteiger partial charge in [-0.2, -0.15) is 4.98 Å². The van der Waals surface area contributed by atoms with Crippen molar-refractivity contribution in [1.82, 2.24) is 15.0 Å². The molecule has 110 valence electrons. The van der Waals surface area contributed by atoms with Crippen LogP contribution in [0.25, 0.3) is 11.5 Å². The summed E-state index contributed by atoms with van der Waals surface area (Å²) >= 11 is 0. The van der Waals surface area contributed by atoms with Crippen LogP contribution in [-0.2, 0) is 0 Å². The summed E-state index contributed by atoms with van der Waals surface area (Å²) in [7, 11) is 0. The number of hydrogen-bond acceptors (Lipinski definition) is 5. The maximum Gasteiger partial charge on any atom is 0.263 e. The number of likely N-dealkylation sites (tertiary alicyclic amines) is 1. The fraction of sp³-hybridized carbons (Fsp3) is 0.500. The summed E-state index contributed by atoms with van der Waals surface area (Å²) in [6.07, 6.45) is 5.10. The summed E-state index contributed by atoms with van der Waals surface area (Å²) in [6.45, 7) is 2.37. The van der Waals surface area contributed by atoms with E-state index in [2.05, 4.69) is 20.4 Å². The third-order valence-corrected chi connectivity index (χ3v) is 4.37. The SMILES string of the molecule is c1ccc(-c2nc(NC3CCN(C4CC4)CC3)no2)cc1. The van der Waals surface area contributed by atoms with E-state index in [0.29, 0.717) is 17.9 Å². The van der Waals surface area contributed by atoms with Gasteiger partial charge < -0.3 is 14.7 Å². The van der Waals surface area contributed by atoms with Gasteiger partial charge >= 0.3 is 0 Å². The minimum Gasteiger partial charge on any atom is -0.349 e. The summed E-state index contributed by atoms with van der Waals surface area (Å²) in [5.41, 5.74) is 0.960. The molecule has 0 amide bonds. The molecule has 0 atom stereocenters. The van der Waals surface area contributed by atoms with E-state index in [1.165, 1.54) is 25.9 Å². The van der Waals surface area contributed by atoms with Crippen molar-refractivity contribution in [3.05, 3.63) is 30.3 Å². The number of hydrogen-bond donors (Lipinski definition) is 1. The average molecular weight is 284 g/mol. The quantitative estimate of drug-likeness (QED) is 0.935. The fourth-order valence-electron chi connectivity index (χ4n) is 3.01. The molecule has 1 aliphatic heterocycles. The van der Waals surface area contributed by atoms with Crippen LogP contribution >= 0.6 is 0 Å². The van der Waals surface area contributed by atoms with Crippen LogP contribution in [-0.4, -0.2) is 40.2 Å². The van der Waals surface area contributed by atoms with Gasteiger partial charge in [-0.15, -0.1) is 0 Å². The molecule has 1 aromatic heterocycles. The Kier molecular flexibility index (Phi) is 3.35. The molecular formula is C16H20N4O. The summed E-state index contributed by atoms with van der Waals surface area (Å²) in [5.74, 6) is 1.19. The van der Waals surface area contributed by atoms with Crippen molar-refractivity contribution in [2.75, 3.05) is 18.4 Å². The monoisotopic (exact) mass is 284 g/mol. The Morgan fingerprint density at radius 1 is 1.05 bits per heavy atom. The topological polar surface area (TPSA) is 54.2 Å². The summed E-state index contributed by atoms with van der Waals surface area (Å²) in [6, 6.07) is 11.2. The van der Waals surface area contributed by atoms with Crippen molar-refractivity contribution in [3.8, 4) is 11.5 Å². The zero-order valence-corrected chi connectivity index (χ0v) is 12.0. The smallest absolute Gasteiger partial charge is 0.263 e. The minimum atomic E-state index is 0.459. The van der Waals surface area contributed by atoms with Crippen molar-refractivity contribution < 1.29 is 4.52 Å². The van der Waals surface area contributed by atoms with Crippen LogP contribution < -0.4 is 5.32 Å². The van der Waals surface area contributed by atoms with E-state index < -0.39 is 0 Å². The van der Waals surface area contributed by atoms with E-state index in [4.69, 9.17) is 4.52 Å². The van der Waals surface area contributed by atoms with Gasteiger partial charge in [0.1, 0.15) is 0 Å². The molecule has 0 spiro atoms. The Morgan fingerprint density at radius 3 is 2.52 bits per heavy atom. The van der Waals surface area contributed by atoms with Gasteiger partial charge in [0.05, 0.1) is 0 Å². The van der Waals surface area contributed by atoms with Crippen LogP contribution in [0.2, 0.25) is 0 Å². The average Bonchev–Trinajstić information content (AvgIpc) is 3.29. The van der Waals surface area contributed by atoms with Crippen molar-refractivity contribution in [2.24, 2.45) is 0 Å². The van der Waals surface area contributed by atoms with Crippen molar-refractivity contribution >= 4 is 5.95 Å². The van der Waals surface area contributed by atoms with Crippen molar-refractivity contribution in [2.45, 2.75) is 37.8 Å². The molecular weight excluding hydrogens is 264 g/mol. The Morgan fingerprint density at radius 2 is 1.81 bits per heavy atom. The van der Waals surface area contributed by atoms with Crippen LogP contribution in [0, 0.1) is 0 Å². The molecule has 2 fully saturated rings. The molecule has 0 unspecified atom stereocenters. The van der Waals surface area contributed by atoms with Gasteiger partial charge in [-0.05, 0) is 43.0 Å². The molecule has 1 aliphatic carbocycles. The molecule has 2 heterocycles. The van der Waals surface area contributed by atoms with Crippen LogP contribution in [0.3, 0.4) is 0 Å². The van der Waals surface area contributed by atoms with E-state index in [1.807, 2.05) is 30.3 Å². The number of piperidine rings is 1. The highest BCUT2D eigenvalue weighted by molar-refractivity contribution is 5.53. The number of rotatable bonds is 4. The molecule has 21 heavy (non-hydrogen) atoms. The van der Waals surface area contributed by atoms with E-state index >= 15 is 0 Å². The third kappa shape index (κ3) is 2.93. The molecule has 1 saturated carbocycles. The van der Waals surface area contributed by atoms with Gasteiger partial charge in [-0.1, -0.05) is 18.2 Å². The zero-order valence-electron chi connectivity index (χ0n) is 12.0. The highest BCUT2D eigenvalue weighted by Gasteiger charge is 2.32. The first-order valence-electron chi connectivity index (χ1n) is 7.78. The van der Waals surface area contributed by atoms with Gasteiger partial charge in [-0.3, -0.25) is 0 Å². The maximum atomic E-state index is 5.33. The standard InChI is InChI=1S/C16H20N4O/c1-2-4-12(5-3-1)15-18-16(19-21-15)17-13-8-10-20(11-9-13)14-6-7-14/h1-5,13-14H,6-11H2,(H,17,19). The Labute approximate surface area is 124 Å². The second kappa shape index (κ2) is 5.48. The number of aromatic nitrogens is 2. The lowest BCUT2D eigenvalue weighted by molar-refractivity contribution is 0.209. The molecule has 1 N–H and O–H groups in total. The second-order valence-electron chi connectivity index (χ2n) is 5.97. The number of anilines is 1. The number of nitrogens with zero attached hydrogens (tertiary/aromatic N) is 3. The van der Waals surface area contributed by atoms with E-state index in [9.17, 15) is 0 Å². The first kappa shape index (κ1) is 12.8. The molecule has 1 aromatic carbocycles. The Bertz CT molecular complexity index is 585. The number of nitrogens with one attached hydrogen (secondary N) is 1. The summed E-state index contributed by atoms with van der Waals surface area (Å²) < 4.78 is 5.33. The van der Waals surface area contributed by atoms with E-state index in [-0.39, 0.29) is 0 Å². The Balaban J connectivity index is 1.36. The largest absolute Gasteiger partial charge is 0.349 e. The lowest BCUT2D eigenvalue weighted by Crippen LogP contribution is -2.40. The predicted octanol–water partition coefficient (Wildman–Crippen LogP) is 2.78. The predicted molar refractivity (Wildman–Crippen MR) is 81.0 cm³/mol. The third-order valence-electron chi connectivity index (χ3n) is 4.37. The molecule has 1 saturated heterocycles. The first-order chi connectivity index (χ1) is 10.4. The van der Waals surface area contributed by atoms with Crippen LogP contribution in [0.15, 0.2) is 34.9 Å². The van der Waals surface area contributed by atoms with Gasteiger partial charge in [0, 0.05) is 30.7 Å². The molecule has 4 rings (SSSR count). The molecule has 0 bridgehead atoms. The second-order valence-corrected chi connectivity index (χ2v) is 5.97. The Hall–Kier alpha value is -1.88. The van der Waals surface area contributed by atoms with Crippen molar-refractivity contribution in [3.63, 3.8) is 0 Å². The maximum absolute atomic E-state index is 5.33. The summed E-state index contributed by atoms with van der Waals surface area (Å²) in [4.78, 5) is 7.05. The van der Waals surface area contributed by atoms with E-state index in [1.54, 1.807) is 0 Å². The lowest BCUT2D eigenvalue weighted by Gasteiger charge is -2.31. The highest BCUT2D eigenvalue weighted by atomic mass is 16.5. The highest BCUT2D eigenvalue weighted by Crippen LogP contribution is 2.29. The molecule has 2 aromatic rings. The van der Waals surface area contributed by atoms with Gasteiger partial charge in [-0.25, -0.2) is 0 Å². The fourth-order valence-corrected chi connectivity index (χ4v) is 3.01. The van der Waals surface area contributed by atoms with Gasteiger partial charge in [0.15, 0.2) is 0 Å². The molecule has 2 aliphatic rings. The summed E-state index contributed by atoms with van der Waals surface area (Å²) in [5, 5.41) is 7.45. The van der Waals surface area contributed by atoms with Crippen LogP contribution in [0.5, 0.6) is 0 Å². The zero-order chi connectivity index (χ0) is 14.1. The van der Waals surface area contributed by atoms with Gasteiger partial charge in [0.25, 0.3) is 11.8 Å². The lowest BCUT2D eigenvalue weighted by atomic mass is 10.1. The molecule has 5 heteroatoms. The van der Waals surface area contributed by atoms with Crippen LogP contribution in [0.4, 0.5) is 5.95 Å². The first-order valence-corrected chi connectivity index (χ1v) is 7.78. The van der Waals surface area contributed by atoms with Gasteiger partial charge in [0.2, 0.25) is 0 Å². The number of benzene rings is 1. The minimum absolute atomic E-state index is 0.459. The van der Waals surface area contributed by atoms with E-state index in [0.717, 1.165) is 24.4 Å². The van der Waals surface area contributed by atoms with Crippen molar-refractivity contribution in [1.29, 1.82) is 0 Å². The molecule has 0 radical (unpaired) electrons. The van der Waals surface area contributed by atoms with Crippen LogP contribution in [0.1, 0.15) is 25.7 Å². The molecule has 5 nitrogen and oxygen atoms in total.